The molecule has 5 nitrogen and oxygen atoms in total. The van der Waals surface area contributed by atoms with Crippen molar-refractivity contribution >= 4 is 44.8 Å². The quantitative estimate of drug-likeness (QED) is 0.331. The van der Waals surface area contributed by atoms with Crippen LogP contribution in [0.15, 0.2) is 36.4 Å². The third-order valence-electron chi connectivity index (χ3n) is 5.30. The van der Waals surface area contributed by atoms with Gasteiger partial charge in [0.1, 0.15) is 5.75 Å². The average Bonchev–Trinajstić information content (AvgIpc) is 2.75. The Kier molecular flexibility index (Phi) is 10.2. The fourth-order valence-corrected chi connectivity index (χ4v) is 4.33. The van der Waals surface area contributed by atoms with Gasteiger partial charge < -0.3 is 9.47 Å². The van der Waals surface area contributed by atoms with E-state index in [0.717, 1.165) is 17.4 Å². The number of hydrogen-bond acceptors (Lipinski definition) is 4. The molecule has 0 aliphatic rings. The number of halogens is 3. The first-order valence-electron chi connectivity index (χ1n) is 10.7. The van der Waals surface area contributed by atoms with Gasteiger partial charge in [0.25, 0.3) is 0 Å². The molecular formula is C24H32Cl3NO4S. The van der Waals surface area contributed by atoms with Crippen LogP contribution in [0.25, 0.3) is 0 Å². The molecule has 0 saturated heterocycles. The standard InChI is InChI=1S/C24H32Cl3NO4S/c1-16(12-25)14-32-23-21(26)10-19(11-22(23)27)24(3,4)18-6-8-20(9-7-18)31-15-17(2)13-28-33(5,29)30/h6-11,16-17,28H,12-15H2,1-5H3/t16-,17-/m1/s1. The Balaban J connectivity index is 2.09. The van der Waals surface area contributed by atoms with Gasteiger partial charge in [-0.2, -0.15) is 0 Å². The van der Waals surface area contributed by atoms with Gasteiger partial charge in [0.15, 0.2) is 5.75 Å². The highest BCUT2D eigenvalue weighted by Crippen LogP contribution is 2.40. The molecule has 0 heterocycles. The highest BCUT2D eigenvalue weighted by molar-refractivity contribution is 7.88. The van der Waals surface area contributed by atoms with E-state index in [1.165, 1.54) is 0 Å². The lowest BCUT2D eigenvalue weighted by Crippen LogP contribution is -2.29. The number of rotatable bonds is 12. The van der Waals surface area contributed by atoms with E-state index in [1.807, 2.05) is 50.2 Å². The summed E-state index contributed by atoms with van der Waals surface area (Å²) in [4.78, 5) is 0. The molecule has 2 atom stereocenters. The number of alkyl halides is 1. The van der Waals surface area contributed by atoms with Crippen LogP contribution < -0.4 is 14.2 Å². The van der Waals surface area contributed by atoms with Crippen LogP contribution in [-0.4, -0.2) is 40.3 Å². The summed E-state index contributed by atoms with van der Waals surface area (Å²) in [6.45, 7) is 9.28. The van der Waals surface area contributed by atoms with E-state index in [9.17, 15) is 8.42 Å². The molecule has 0 aliphatic carbocycles. The molecule has 0 bridgehead atoms. The average molecular weight is 537 g/mol. The minimum absolute atomic E-state index is 0.0354. The Morgan fingerprint density at radius 1 is 0.939 bits per heavy atom. The fourth-order valence-electron chi connectivity index (χ4n) is 3.05. The van der Waals surface area contributed by atoms with E-state index < -0.39 is 10.0 Å². The molecule has 1 N–H and O–H groups in total. The number of ether oxygens (including phenoxy) is 2. The van der Waals surface area contributed by atoms with Crippen molar-refractivity contribution in [3.63, 3.8) is 0 Å². The number of nitrogens with one attached hydrogen (secondary N) is 1. The van der Waals surface area contributed by atoms with Gasteiger partial charge in [0.2, 0.25) is 10.0 Å². The Morgan fingerprint density at radius 2 is 1.48 bits per heavy atom. The first-order chi connectivity index (χ1) is 15.3. The summed E-state index contributed by atoms with van der Waals surface area (Å²) in [5.74, 6) is 1.91. The molecule has 0 unspecified atom stereocenters. The van der Waals surface area contributed by atoms with E-state index in [-0.39, 0.29) is 17.3 Å². The van der Waals surface area contributed by atoms with E-state index in [1.54, 1.807) is 0 Å². The van der Waals surface area contributed by atoms with Gasteiger partial charge in [-0.3, -0.25) is 0 Å². The molecule has 0 amide bonds. The second-order valence-electron chi connectivity index (χ2n) is 9.03. The minimum atomic E-state index is -3.21. The lowest BCUT2D eigenvalue weighted by molar-refractivity contribution is 0.261. The number of hydrogen-bond donors (Lipinski definition) is 1. The van der Waals surface area contributed by atoms with Crippen molar-refractivity contribution in [2.45, 2.75) is 33.1 Å². The van der Waals surface area contributed by atoms with Crippen LogP contribution in [0.3, 0.4) is 0 Å². The largest absolute Gasteiger partial charge is 0.493 e. The first kappa shape index (κ1) is 28.1. The summed E-state index contributed by atoms with van der Waals surface area (Å²) in [6.07, 6.45) is 1.14. The van der Waals surface area contributed by atoms with E-state index in [0.29, 0.717) is 47.2 Å². The Labute approximate surface area is 212 Å². The van der Waals surface area contributed by atoms with Crippen molar-refractivity contribution in [3.8, 4) is 11.5 Å². The molecule has 33 heavy (non-hydrogen) atoms. The summed E-state index contributed by atoms with van der Waals surface area (Å²) in [7, 11) is -3.21. The zero-order valence-corrected chi connectivity index (χ0v) is 22.7. The molecule has 184 valence electrons. The number of sulfonamides is 1. The maximum absolute atomic E-state index is 11.2. The molecule has 9 heteroatoms. The van der Waals surface area contributed by atoms with Crippen LogP contribution in [0.4, 0.5) is 0 Å². The molecule has 0 aliphatic heterocycles. The Morgan fingerprint density at radius 3 is 2.00 bits per heavy atom. The lowest BCUT2D eigenvalue weighted by atomic mass is 9.78. The molecule has 0 spiro atoms. The maximum Gasteiger partial charge on any atom is 0.208 e. The van der Waals surface area contributed by atoms with Gasteiger partial charge in [0, 0.05) is 29.7 Å². The maximum atomic E-state index is 11.2. The molecule has 2 rings (SSSR count). The summed E-state index contributed by atoms with van der Waals surface area (Å²) >= 11 is 18.8. The smallest absolute Gasteiger partial charge is 0.208 e. The van der Waals surface area contributed by atoms with Crippen molar-refractivity contribution in [3.05, 3.63) is 57.6 Å². The molecule has 0 aromatic heterocycles. The van der Waals surface area contributed by atoms with Crippen molar-refractivity contribution in [2.75, 3.05) is 31.9 Å². The van der Waals surface area contributed by atoms with Crippen LogP contribution in [0, 0.1) is 11.8 Å². The molecule has 0 fully saturated rings. The third kappa shape index (κ3) is 8.52. The molecule has 0 radical (unpaired) electrons. The topological polar surface area (TPSA) is 64.6 Å². The fraction of sp³-hybridized carbons (Fsp3) is 0.500. The van der Waals surface area contributed by atoms with Crippen LogP contribution in [0.1, 0.15) is 38.8 Å². The Bertz CT molecular complexity index is 1000. The second kappa shape index (κ2) is 12.0. The van der Waals surface area contributed by atoms with Crippen molar-refractivity contribution in [2.24, 2.45) is 11.8 Å². The van der Waals surface area contributed by atoms with Gasteiger partial charge in [-0.25, -0.2) is 13.1 Å². The van der Waals surface area contributed by atoms with Crippen LogP contribution in [0.5, 0.6) is 11.5 Å². The molecule has 2 aromatic carbocycles. The van der Waals surface area contributed by atoms with Crippen LogP contribution in [-0.2, 0) is 15.4 Å². The van der Waals surface area contributed by atoms with Gasteiger partial charge in [-0.15, -0.1) is 11.6 Å². The van der Waals surface area contributed by atoms with Gasteiger partial charge >= 0.3 is 0 Å². The molecular weight excluding hydrogens is 505 g/mol. The predicted octanol–water partition coefficient (Wildman–Crippen LogP) is 6.14. The normalized spacial score (nSPS) is 14.1. The van der Waals surface area contributed by atoms with E-state index in [2.05, 4.69) is 18.6 Å². The van der Waals surface area contributed by atoms with Crippen LogP contribution >= 0.6 is 34.8 Å². The predicted molar refractivity (Wildman–Crippen MR) is 138 cm³/mol. The Hall–Kier alpha value is -1.18. The summed E-state index contributed by atoms with van der Waals surface area (Å²) in [5, 5.41) is 0.924. The van der Waals surface area contributed by atoms with Crippen molar-refractivity contribution in [1.82, 2.24) is 4.72 Å². The summed E-state index contributed by atoms with van der Waals surface area (Å²) in [6, 6.07) is 11.6. The van der Waals surface area contributed by atoms with E-state index in [4.69, 9.17) is 44.3 Å². The highest BCUT2D eigenvalue weighted by Gasteiger charge is 2.26. The van der Waals surface area contributed by atoms with E-state index >= 15 is 0 Å². The summed E-state index contributed by atoms with van der Waals surface area (Å²) in [5.41, 5.74) is 1.67. The third-order valence-corrected chi connectivity index (χ3v) is 7.08. The summed E-state index contributed by atoms with van der Waals surface area (Å²) < 4.78 is 36.5. The highest BCUT2D eigenvalue weighted by atomic mass is 35.5. The lowest BCUT2D eigenvalue weighted by Gasteiger charge is -2.27. The monoisotopic (exact) mass is 535 g/mol. The van der Waals surface area contributed by atoms with Gasteiger partial charge in [-0.1, -0.05) is 63.0 Å². The zero-order valence-electron chi connectivity index (χ0n) is 19.6. The minimum Gasteiger partial charge on any atom is -0.493 e. The van der Waals surface area contributed by atoms with Crippen LogP contribution in [0.2, 0.25) is 10.0 Å². The van der Waals surface area contributed by atoms with Gasteiger partial charge in [0.05, 0.1) is 29.5 Å². The molecule has 2 aromatic rings. The molecule has 0 saturated carbocycles. The second-order valence-corrected chi connectivity index (χ2v) is 12.0. The van der Waals surface area contributed by atoms with Crippen molar-refractivity contribution < 1.29 is 17.9 Å². The number of benzene rings is 2. The first-order valence-corrected chi connectivity index (χ1v) is 13.9. The van der Waals surface area contributed by atoms with Gasteiger partial charge in [-0.05, 0) is 35.4 Å². The van der Waals surface area contributed by atoms with Crippen molar-refractivity contribution in [1.29, 1.82) is 0 Å². The zero-order chi connectivity index (χ0) is 24.8. The SMILES string of the molecule is C[C@H](CNS(C)(=O)=O)COc1ccc(C(C)(C)c2cc(Cl)c(OC[C@H](C)CCl)c(Cl)c2)cc1.